The Hall–Kier alpha value is -0.410. The first-order chi connectivity index (χ1) is 7.36. The molecule has 0 radical (unpaired) electrons. The number of nitrogens with zero attached hydrogens (tertiary/aromatic N) is 1. The fourth-order valence-electron chi connectivity index (χ4n) is 1.54. The van der Waals surface area contributed by atoms with Crippen molar-refractivity contribution in [2.75, 3.05) is 13.6 Å². The summed E-state index contributed by atoms with van der Waals surface area (Å²) in [6.45, 7) is 3.28. The van der Waals surface area contributed by atoms with Crippen LogP contribution in [0.5, 0.6) is 0 Å². The molecule has 0 spiro atoms. The molecule has 0 bridgehead atoms. The predicted octanol–water partition coefficient (Wildman–Crippen LogP) is 3.03. The summed E-state index contributed by atoms with van der Waals surface area (Å²) in [5, 5.41) is 6.64. The van der Waals surface area contributed by atoms with Gasteiger partial charge in [-0.05, 0) is 19.9 Å². The standard InChI is InChI=1S/C12H22N2S/c1-3-4-5-6-7-11-10-15-12(14-11)8-9-13-2/h10,13H,3-9H2,1-2H3. The Morgan fingerprint density at radius 2 is 2.13 bits per heavy atom. The Bertz CT molecular complexity index is 258. The molecule has 3 heteroatoms. The van der Waals surface area contributed by atoms with Gasteiger partial charge in [0.25, 0.3) is 0 Å². The molecule has 15 heavy (non-hydrogen) atoms. The summed E-state index contributed by atoms with van der Waals surface area (Å²) in [4.78, 5) is 4.62. The summed E-state index contributed by atoms with van der Waals surface area (Å²) in [5.41, 5.74) is 1.29. The largest absolute Gasteiger partial charge is 0.319 e. The minimum absolute atomic E-state index is 1.03. The Morgan fingerprint density at radius 3 is 2.87 bits per heavy atom. The second kappa shape index (κ2) is 7.83. The highest BCUT2D eigenvalue weighted by molar-refractivity contribution is 7.09. The van der Waals surface area contributed by atoms with Crippen LogP contribution < -0.4 is 5.32 Å². The van der Waals surface area contributed by atoms with Crippen molar-refractivity contribution in [1.82, 2.24) is 10.3 Å². The van der Waals surface area contributed by atoms with Crippen LogP contribution in [-0.2, 0) is 12.8 Å². The Labute approximate surface area is 97.1 Å². The molecule has 0 amide bonds. The lowest BCUT2D eigenvalue weighted by Crippen LogP contribution is -2.10. The number of rotatable bonds is 8. The van der Waals surface area contributed by atoms with Gasteiger partial charge in [-0.25, -0.2) is 4.98 Å². The van der Waals surface area contributed by atoms with E-state index in [0.29, 0.717) is 0 Å². The summed E-state index contributed by atoms with van der Waals surface area (Å²) >= 11 is 1.80. The van der Waals surface area contributed by atoms with E-state index in [1.54, 1.807) is 11.3 Å². The number of aromatic nitrogens is 1. The van der Waals surface area contributed by atoms with Crippen LogP contribution in [0.25, 0.3) is 0 Å². The zero-order valence-electron chi connectivity index (χ0n) is 9.88. The quantitative estimate of drug-likeness (QED) is 0.689. The molecule has 0 saturated heterocycles. The van der Waals surface area contributed by atoms with Crippen LogP contribution in [0, 0.1) is 0 Å². The molecule has 0 aliphatic heterocycles. The van der Waals surface area contributed by atoms with E-state index in [0.717, 1.165) is 19.4 Å². The average Bonchev–Trinajstić information content (AvgIpc) is 2.69. The summed E-state index contributed by atoms with van der Waals surface area (Å²) in [5.74, 6) is 0. The van der Waals surface area contributed by atoms with Gasteiger partial charge in [-0.2, -0.15) is 0 Å². The number of hydrogen-bond acceptors (Lipinski definition) is 3. The van der Waals surface area contributed by atoms with Crippen molar-refractivity contribution in [2.24, 2.45) is 0 Å². The highest BCUT2D eigenvalue weighted by atomic mass is 32.1. The van der Waals surface area contributed by atoms with Crippen molar-refractivity contribution in [3.8, 4) is 0 Å². The normalized spacial score (nSPS) is 10.8. The lowest BCUT2D eigenvalue weighted by atomic mass is 10.1. The highest BCUT2D eigenvalue weighted by Crippen LogP contribution is 2.13. The van der Waals surface area contributed by atoms with E-state index < -0.39 is 0 Å². The Balaban J connectivity index is 2.20. The van der Waals surface area contributed by atoms with Gasteiger partial charge >= 0.3 is 0 Å². The smallest absolute Gasteiger partial charge is 0.0940 e. The lowest BCUT2D eigenvalue weighted by molar-refractivity contribution is 0.660. The Morgan fingerprint density at radius 1 is 1.27 bits per heavy atom. The van der Waals surface area contributed by atoms with Crippen LogP contribution in [-0.4, -0.2) is 18.6 Å². The molecule has 0 aromatic carbocycles. The van der Waals surface area contributed by atoms with Gasteiger partial charge in [-0.1, -0.05) is 26.2 Å². The fourth-order valence-corrected chi connectivity index (χ4v) is 2.38. The van der Waals surface area contributed by atoms with Gasteiger partial charge in [0, 0.05) is 18.3 Å². The molecule has 0 atom stereocenters. The van der Waals surface area contributed by atoms with E-state index in [1.807, 2.05) is 7.05 Å². The van der Waals surface area contributed by atoms with Crippen molar-refractivity contribution in [2.45, 2.75) is 45.4 Å². The summed E-state index contributed by atoms with van der Waals surface area (Å²) < 4.78 is 0. The molecular formula is C12H22N2S. The first-order valence-corrected chi connectivity index (χ1v) is 6.82. The number of unbranched alkanes of at least 4 members (excludes halogenated alkanes) is 3. The zero-order valence-corrected chi connectivity index (χ0v) is 10.7. The maximum atomic E-state index is 4.62. The molecule has 86 valence electrons. The van der Waals surface area contributed by atoms with Crippen molar-refractivity contribution in [3.05, 3.63) is 16.1 Å². The molecule has 1 aromatic rings. The molecule has 0 unspecified atom stereocenters. The predicted molar refractivity (Wildman–Crippen MR) is 67.6 cm³/mol. The van der Waals surface area contributed by atoms with Crippen molar-refractivity contribution in [3.63, 3.8) is 0 Å². The SMILES string of the molecule is CCCCCCc1csc(CCNC)n1. The van der Waals surface area contributed by atoms with Gasteiger partial charge in [0.05, 0.1) is 10.7 Å². The van der Waals surface area contributed by atoms with Crippen LogP contribution in [0.3, 0.4) is 0 Å². The van der Waals surface area contributed by atoms with E-state index in [4.69, 9.17) is 0 Å². The van der Waals surface area contributed by atoms with Crippen molar-refractivity contribution in [1.29, 1.82) is 0 Å². The maximum absolute atomic E-state index is 4.62. The monoisotopic (exact) mass is 226 g/mol. The van der Waals surface area contributed by atoms with Gasteiger partial charge in [-0.3, -0.25) is 0 Å². The molecule has 1 aromatic heterocycles. The van der Waals surface area contributed by atoms with Crippen LogP contribution in [0.1, 0.15) is 43.3 Å². The lowest BCUT2D eigenvalue weighted by Gasteiger charge is -1.96. The third kappa shape index (κ3) is 5.28. The van der Waals surface area contributed by atoms with Gasteiger partial charge in [-0.15, -0.1) is 11.3 Å². The van der Waals surface area contributed by atoms with Crippen LogP contribution in [0.4, 0.5) is 0 Å². The minimum Gasteiger partial charge on any atom is -0.319 e. The molecule has 1 N–H and O–H groups in total. The summed E-state index contributed by atoms with van der Waals surface area (Å²) in [6.07, 6.45) is 7.54. The first-order valence-electron chi connectivity index (χ1n) is 5.94. The molecule has 0 saturated carbocycles. The summed E-state index contributed by atoms with van der Waals surface area (Å²) in [6, 6.07) is 0. The highest BCUT2D eigenvalue weighted by Gasteiger charge is 2.01. The van der Waals surface area contributed by atoms with Crippen molar-refractivity contribution < 1.29 is 0 Å². The number of hydrogen-bond donors (Lipinski definition) is 1. The van der Waals surface area contributed by atoms with E-state index in [9.17, 15) is 0 Å². The molecule has 2 nitrogen and oxygen atoms in total. The van der Waals surface area contributed by atoms with E-state index in [1.165, 1.54) is 36.4 Å². The topological polar surface area (TPSA) is 24.9 Å². The molecule has 0 fully saturated rings. The average molecular weight is 226 g/mol. The van der Waals surface area contributed by atoms with E-state index in [-0.39, 0.29) is 0 Å². The van der Waals surface area contributed by atoms with Gasteiger partial charge in [0.1, 0.15) is 0 Å². The molecular weight excluding hydrogens is 204 g/mol. The van der Waals surface area contributed by atoms with Gasteiger partial charge < -0.3 is 5.32 Å². The number of nitrogens with one attached hydrogen (secondary N) is 1. The minimum atomic E-state index is 1.03. The zero-order chi connectivity index (χ0) is 10.9. The number of aryl methyl sites for hydroxylation is 1. The van der Waals surface area contributed by atoms with E-state index >= 15 is 0 Å². The van der Waals surface area contributed by atoms with Crippen LogP contribution in [0.15, 0.2) is 5.38 Å². The Kier molecular flexibility index (Phi) is 6.60. The molecule has 0 aliphatic carbocycles. The van der Waals surface area contributed by atoms with Crippen molar-refractivity contribution >= 4 is 11.3 Å². The third-order valence-electron chi connectivity index (χ3n) is 2.47. The van der Waals surface area contributed by atoms with E-state index in [2.05, 4.69) is 22.6 Å². The van der Waals surface area contributed by atoms with Gasteiger partial charge in [0.15, 0.2) is 0 Å². The molecule has 1 rings (SSSR count). The van der Waals surface area contributed by atoms with Crippen LogP contribution in [0.2, 0.25) is 0 Å². The maximum Gasteiger partial charge on any atom is 0.0940 e. The number of likely N-dealkylation sites (N-methyl/N-ethyl adjacent to an activating group) is 1. The third-order valence-corrected chi connectivity index (χ3v) is 3.43. The second-order valence-corrected chi connectivity index (χ2v) is 4.84. The molecule has 1 heterocycles. The summed E-state index contributed by atoms with van der Waals surface area (Å²) in [7, 11) is 1.99. The van der Waals surface area contributed by atoms with Gasteiger partial charge in [0.2, 0.25) is 0 Å². The second-order valence-electron chi connectivity index (χ2n) is 3.90. The van der Waals surface area contributed by atoms with Crippen LogP contribution >= 0.6 is 11.3 Å². The number of thiazole rings is 1. The fraction of sp³-hybridized carbons (Fsp3) is 0.750. The first kappa shape index (κ1) is 12.7. The molecule has 0 aliphatic rings.